The third-order valence-electron chi connectivity index (χ3n) is 10.3. The number of amides is 1. The third-order valence-corrected chi connectivity index (χ3v) is 10.3. The molecule has 3 aliphatic rings. The molecule has 6 N–H and O–H groups in total. The standard InChI is InChI=1S/C34H39N9O3/c35-30-18-27(31-32(37-30)39-41-38-31)26(28-10-16-43(40-28)20-23-5-4-8-25(45)17-23)9-15-42(21-36-22-44)33-11-13-34(14-12-33,29(46)19-33)24-6-2-1-3-7-24/h1-8,10,16-18,22,26,29,45-46H,9,11-15,19-21H2,(H,36,44)(H3,35,37,38,39,41)/t26?,29-,33?,34?/m1/s1. The molecule has 3 aromatic heterocycles. The van der Waals surface area contributed by atoms with Crippen molar-refractivity contribution in [3.05, 3.63) is 95.3 Å². The molecule has 8 rings (SSSR count). The van der Waals surface area contributed by atoms with Crippen molar-refractivity contribution < 1.29 is 15.0 Å². The lowest BCUT2D eigenvalue weighted by molar-refractivity contribution is -0.115. The summed E-state index contributed by atoms with van der Waals surface area (Å²) in [4.78, 5) is 18.3. The molecule has 1 unspecified atom stereocenters. The van der Waals surface area contributed by atoms with E-state index in [2.05, 4.69) is 54.9 Å². The van der Waals surface area contributed by atoms with Crippen molar-refractivity contribution in [2.45, 2.75) is 68.0 Å². The number of fused-ring (bicyclic) bond motifs is 4. The number of phenols is 1. The molecule has 3 fully saturated rings. The van der Waals surface area contributed by atoms with E-state index in [-0.39, 0.29) is 22.6 Å². The molecule has 3 aliphatic carbocycles. The fourth-order valence-corrected chi connectivity index (χ4v) is 7.97. The quantitative estimate of drug-likeness (QED) is 0.103. The SMILES string of the molecule is Nc1cc(C(CCN(CNC=O)C23CCC(c4ccccc4)(CC2)[C@H](O)C3)c2ccn(Cc3cccc(O)c3)n2)c2n[nH]nc2n1. The molecule has 46 heavy (non-hydrogen) atoms. The van der Waals surface area contributed by atoms with Gasteiger partial charge in [0, 0.05) is 29.6 Å². The average molecular weight is 622 g/mol. The number of H-pyrrole nitrogens is 1. The molecule has 2 atom stereocenters. The molecule has 2 aromatic carbocycles. The van der Waals surface area contributed by atoms with E-state index in [0.717, 1.165) is 48.9 Å². The van der Waals surface area contributed by atoms with Crippen LogP contribution in [0, 0.1) is 0 Å². The fourth-order valence-electron chi connectivity index (χ4n) is 7.97. The highest BCUT2D eigenvalue weighted by Crippen LogP contribution is 2.55. The number of phenolic OH excluding ortho intramolecular Hbond substituents is 1. The normalized spacial score (nSPS) is 23.1. The molecule has 0 radical (unpaired) electrons. The van der Waals surface area contributed by atoms with Crippen molar-refractivity contribution in [3.63, 3.8) is 0 Å². The topological polar surface area (TPSA) is 171 Å². The van der Waals surface area contributed by atoms with Crippen LogP contribution >= 0.6 is 0 Å². The van der Waals surface area contributed by atoms with Gasteiger partial charge in [-0.05, 0) is 79.5 Å². The van der Waals surface area contributed by atoms with Gasteiger partial charge < -0.3 is 21.3 Å². The van der Waals surface area contributed by atoms with E-state index in [9.17, 15) is 15.0 Å². The largest absolute Gasteiger partial charge is 0.508 e. The van der Waals surface area contributed by atoms with Crippen LogP contribution in [0.15, 0.2) is 72.9 Å². The number of hydrogen-bond acceptors (Lipinski definition) is 9. The number of pyridine rings is 1. The molecule has 0 spiro atoms. The summed E-state index contributed by atoms with van der Waals surface area (Å²) in [7, 11) is 0. The molecule has 3 saturated carbocycles. The van der Waals surface area contributed by atoms with Crippen LogP contribution in [-0.4, -0.2) is 76.6 Å². The number of rotatable bonds is 12. The van der Waals surface area contributed by atoms with Gasteiger partial charge >= 0.3 is 0 Å². The van der Waals surface area contributed by atoms with E-state index in [1.807, 2.05) is 41.2 Å². The van der Waals surface area contributed by atoms with Crippen molar-refractivity contribution in [3.8, 4) is 5.75 Å². The molecular weight excluding hydrogens is 582 g/mol. The molecule has 5 aromatic rings. The van der Waals surface area contributed by atoms with Crippen LogP contribution in [-0.2, 0) is 16.8 Å². The molecular formula is C34H39N9O3. The van der Waals surface area contributed by atoms with Crippen molar-refractivity contribution in [2.75, 3.05) is 18.9 Å². The molecule has 1 amide bonds. The number of aliphatic hydroxyl groups excluding tert-OH is 1. The molecule has 12 nitrogen and oxygen atoms in total. The lowest BCUT2D eigenvalue weighted by Crippen LogP contribution is -2.64. The summed E-state index contributed by atoms with van der Waals surface area (Å²) in [6.45, 7) is 1.52. The van der Waals surface area contributed by atoms with Crippen LogP contribution in [0.1, 0.15) is 66.8 Å². The van der Waals surface area contributed by atoms with Gasteiger partial charge in [-0.25, -0.2) is 4.98 Å². The maximum Gasteiger partial charge on any atom is 0.208 e. The first-order chi connectivity index (χ1) is 22.4. The monoisotopic (exact) mass is 621 g/mol. The first-order valence-electron chi connectivity index (χ1n) is 15.8. The number of carbonyl (C=O) groups excluding carboxylic acids is 1. The van der Waals surface area contributed by atoms with Crippen LogP contribution < -0.4 is 11.1 Å². The summed E-state index contributed by atoms with van der Waals surface area (Å²) in [5.41, 5.74) is 10.7. The Kier molecular flexibility index (Phi) is 7.91. The van der Waals surface area contributed by atoms with Crippen LogP contribution in [0.2, 0.25) is 0 Å². The Morgan fingerprint density at radius 3 is 2.67 bits per heavy atom. The van der Waals surface area contributed by atoms with Gasteiger partial charge in [0.05, 0.1) is 25.0 Å². The van der Waals surface area contributed by atoms with E-state index < -0.39 is 6.10 Å². The Balaban J connectivity index is 1.19. The number of benzene rings is 2. The Morgan fingerprint density at radius 2 is 1.91 bits per heavy atom. The minimum absolute atomic E-state index is 0.209. The number of aromatic amines is 1. The predicted molar refractivity (Wildman–Crippen MR) is 173 cm³/mol. The first kappa shape index (κ1) is 29.9. The van der Waals surface area contributed by atoms with E-state index >= 15 is 0 Å². The highest BCUT2D eigenvalue weighted by Gasteiger charge is 2.56. The summed E-state index contributed by atoms with van der Waals surface area (Å²) in [5, 5.41) is 40.8. The van der Waals surface area contributed by atoms with Gasteiger partial charge in [-0.3, -0.25) is 14.4 Å². The van der Waals surface area contributed by atoms with Gasteiger partial charge in [-0.2, -0.15) is 15.4 Å². The Hall–Kier alpha value is -4.81. The van der Waals surface area contributed by atoms with E-state index in [0.29, 0.717) is 49.6 Å². The Labute approximate surface area is 266 Å². The third kappa shape index (κ3) is 5.47. The number of anilines is 1. The number of hydrogen-bond donors (Lipinski definition) is 5. The second-order valence-corrected chi connectivity index (χ2v) is 12.8. The number of carbonyl (C=O) groups is 1. The maximum absolute atomic E-state index is 11.7. The zero-order chi connectivity index (χ0) is 31.7. The lowest BCUT2D eigenvalue weighted by atomic mass is 9.53. The Bertz CT molecular complexity index is 1810. The van der Waals surface area contributed by atoms with Crippen LogP contribution in [0.3, 0.4) is 0 Å². The molecule has 2 bridgehead atoms. The summed E-state index contributed by atoms with van der Waals surface area (Å²) in [6, 6.07) is 21.4. The summed E-state index contributed by atoms with van der Waals surface area (Å²) < 4.78 is 1.86. The predicted octanol–water partition coefficient (Wildman–Crippen LogP) is 3.43. The highest BCUT2D eigenvalue weighted by molar-refractivity contribution is 5.77. The molecule has 0 aliphatic heterocycles. The second kappa shape index (κ2) is 12.2. The molecule has 0 saturated heterocycles. The first-order valence-corrected chi connectivity index (χ1v) is 15.8. The number of nitrogens with one attached hydrogen (secondary N) is 2. The summed E-state index contributed by atoms with van der Waals surface area (Å²) in [5.74, 6) is 0.348. The summed E-state index contributed by atoms with van der Waals surface area (Å²) >= 11 is 0. The minimum atomic E-state index is -0.477. The van der Waals surface area contributed by atoms with Gasteiger partial charge in [0.15, 0.2) is 0 Å². The molecule has 3 heterocycles. The lowest BCUT2D eigenvalue weighted by Gasteiger charge is -2.60. The van der Waals surface area contributed by atoms with Crippen LogP contribution in [0.5, 0.6) is 5.75 Å². The number of nitrogens with zero attached hydrogens (tertiary/aromatic N) is 6. The van der Waals surface area contributed by atoms with Gasteiger partial charge in [0.2, 0.25) is 12.1 Å². The second-order valence-electron chi connectivity index (χ2n) is 12.8. The maximum atomic E-state index is 11.7. The smallest absolute Gasteiger partial charge is 0.208 e. The average Bonchev–Trinajstić information content (AvgIpc) is 3.73. The van der Waals surface area contributed by atoms with Crippen molar-refractivity contribution in [1.29, 1.82) is 0 Å². The van der Waals surface area contributed by atoms with Crippen molar-refractivity contribution >= 4 is 23.4 Å². The minimum Gasteiger partial charge on any atom is -0.508 e. The van der Waals surface area contributed by atoms with Crippen LogP contribution in [0.25, 0.3) is 11.2 Å². The summed E-state index contributed by atoms with van der Waals surface area (Å²) in [6.07, 6.45) is 7.12. The van der Waals surface area contributed by atoms with Crippen molar-refractivity contribution in [1.82, 2.24) is 40.4 Å². The van der Waals surface area contributed by atoms with E-state index in [1.54, 1.807) is 12.1 Å². The van der Waals surface area contributed by atoms with E-state index in [4.69, 9.17) is 10.8 Å². The number of aromatic hydroxyl groups is 1. The Morgan fingerprint density at radius 1 is 1.09 bits per heavy atom. The van der Waals surface area contributed by atoms with Gasteiger partial charge in [-0.1, -0.05) is 42.5 Å². The zero-order valence-electron chi connectivity index (χ0n) is 25.6. The highest BCUT2D eigenvalue weighted by atomic mass is 16.3. The number of nitrogens with two attached hydrogens (primary N) is 1. The fraction of sp³-hybridized carbons (Fsp3) is 0.382. The zero-order valence-corrected chi connectivity index (χ0v) is 25.6. The number of aromatic nitrogens is 6. The van der Waals surface area contributed by atoms with Gasteiger partial charge in [-0.15, -0.1) is 5.10 Å². The van der Waals surface area contributed by atoms with Gasteiger partial charge in [0.1, 0.15) is 17.1 Å². The molecule has 12 heteroatoms. The number of nitrogen functional groups attached to an aromatic ring is 1. The van der Waals surface area contributed by atoms with E-state index in [1.165, 1.54) is 5.56 Å². The van der Waals surface area contributed by atoms with Gasteiger partial charge in [0.25, 0.3) is 0 Å². The van der Waals surface area contributed by atoms with Crippen molar-refractivity contribution in [2.24, 2.45) is 0 Å². The number of aliphatic hydroxyl groups is 1. The van der Waals surface area contributed by atoms with Crippen LogP contribution in [0.4, 0.5) is 5.82 Å². The molecule has 238 valence electrons.